The minimum Gasteiger partial charge on any atom is -0.339 e. The summed E-state index contributed by atoms with van der Waals surface area (Å²) < 4.78 is 5.48. The van der Waals surface area contributed by atoms with Crippen molar-refractivity contribution in [2.24, 2.45) is 5.73 Å². The number of hydrogen-bond acceptors (Lipinski definition) is 4. The highest BCUT2D eigenvalue weighted by atomic mass is 16.5. The van der Waals surface area contributed by atoms with Gasteiger partial charge in [-0.15, -0.1) is 0 Å². The largest absolute Gasteiger partial charge is 0.339 e. The summed E-state index contributed by atoms with van der Waals surface area (Å²) in [4.78, 5) is 4.66. The lowest BCUT2D eigenvalue weighted by molar-refractivity contribution is 0.323. The van der Waals surface area contributed by atoms with Gasteiger partial charge in [0.15, 0.2) is 5.82 Å². The molecule has 1 aromatic rings. The summed E-state index contributed by atoms with van der Waals surface area (Å²) in [5.41, 5.74) is 6.30. The van der Waals surface area contributed by atoms with Gasteiger partial charge < -0.3 is 10.3 Å². The van der Waals surface area contributed by atoms with Crippen LogP contribution in [0.25, 0.3) is 0 Å². The fraction of sp³-hybridized carbons (Fsp3) is 0.875. The standard InChI is InChI=1S/C16H27N3O/c17-16(10-6-7-11-16)12-14-18-15(19-20-14)13-8-4-2-1-3-5-9-13/h13H,1-12,17H2. The number of hydrogen-bond donors (Lipinski definition) is 1. The van der Waals surface area contributed by atoms with Crippen molar-refractivity contribution >= 4 is 0 Å². The molecule has 2 aliphatic carbocycles. The highest BCUT2D eigenvalue weighted by molar-refractivity contribution is 5.01. The predicted molar refractivity (Wildman–Crippen MR) is 78.4 cm³/mol. The third-order valence-electron chi connectivity index (χ3n) is 5.06. The second-order valence-corrected chi connectivity index (χ2v) is 6.83. The molecule has 2 aliphatic rings. The lowest BCUT2D eigenvalue weighted by Gasteiger charge is -2.20. The zero-order chi connectivity index (χ0) is 13.8. The zero-order valence-electron chi connectivity index (χ0n) is 12.4. The molecular weight excluding hydrogens is 250 g/mol. The molecule has 0 aliphatic heterocycles. The second kappa shape index (κ2) is 6.25. The van der Waals surface area contributed by atoms with Crippen LogP contribution < -0.4 is 5.73 Å². The van der Waals surface area contributed by atoms with Gasteiger partial charge in [0.05, 0.1) is 0 Å². The van der Waals surface area contributed by atoms with Crippen molar-refractivity contribution in [2.75, 3.05) is 0 Å². The summed E-state index contributed by atoms with van der Waals surface area (Å²) in [6, 6.07) is 0. The van der Waals surface area contributed by atoms with Crippen LogP contribution in [0.2, 0.25) is 0 Å². The monoisotopic (exact) mass is 277 g/mol. The van der Waals surface area contributed by atoms with E-state index in [9.17, 15) is 0 Å². The van der Waals surface area contributed by atoms with Gasteiger partial charge in [-0.05, 0) is 25.7 Å². The Kier molecular flexibility index (Phi) is 4.39. The Morgan fingerprint density at radius 3 is 2.35 bits per heavy atom. The van der Waals surface area contributed by atoms with E-state index in [1.165, 1.54) is 57.8 Å². The minimum absolute atomic E-state index is 0.0925. The van der Waals surface area contributed by atoms with Crippen LogP contribution in [-0.4, -0.2) is 15.7 Å². The van der Waals surface area contributed by atoms with Crippen LogP contribution in [0.1, 0.15) is 88.3 Å². The molecule has 2 saturated carbocycles. The maximum absolute atomic E-state index is 6.40. The highest BCUT2D eigenvalue weighted by Gasteiger charge is 2.32. The van der Waals surface area contributed by atoms with Crippen LogP contribution in [0.3, 0.4) is 0 Å². The lowest BCUT2D eigenvalue weighted by Crippen LogP contribution is -2.38. The van der Waals surface area contributed by atoms with E-state index >= 15 is 0 Å². The van der Waals surface area contributed by atoms with Crippen molar-refractivity contribution in [3.05, 3.63) is 11.7 Å². The molecule has 0 radical (unpaired) electrons. The van der Waals surface area contributed by atoms with Crippen molar-refractivity contribution in [1.29, 1.82) is 0 Å². The zero-order valence-corrected chi connectivity index (χ0v) is 12.4. The van der Waals surface area contributed by atoms with Crippen molar-refractivity contribution in [3.63, 3.8) is 0 Å². The van der Waals surface area contributed by atoms with E-state index in [0.717, 1.165) is 31.0 Å². The third kappa shape index (κ3) is 3.40. The first-order valence-electron chi connectivity index (χ1n) is 8.37. The molecule has 112 valence electrons. The van der Waals surface area contributed by atoms with Crippen LogP contribution in [0.4, 0.5) is 0 Å². The summed E-state index contributed by atoms with van der Waals surface area (Å²) in [6.07, 6.45) is 14.5. The normalized spacial score (nSPS) is 24.4. The molecule has 0 unspecified atom stereocenters. The van der Waals surface area contributed by atoms with E-state index in [2.05, 4.69) is 10.1 Å². The van der Waals surface area contributed by atoms with Crippen LogP contribution >= 0.6 is 0 Å². The first kappa shape index (κ1) is 14.1. The number of nitrogens with two attached hydrogens (primary N) is 1. The Morgan fingerprint density at radius 2 is 1.65 bits per heavy atom. The lowest BCUT2D eigenvalue weighted by atomic mass is 9.90. The first-order chi connectivity index (χ1) is 9.75. The fourth-order valence-electron chi connectivity index (χ4n) is 3.78. The second-order valence-electron chi connectivity index (χ2n) is 6.83. The van der Waals surface area contributed by atoms with Gasteiger partial charge in [0, 0.05) is 17.9 Å². The molecule has 0 saturated heterocycles. The molecule has 1 aromatic heterocycles. The van der Waals surface area contributed by atoms with E-state index in [0.29, 0.717) is 5.92 Å². The van der Waals surface area contributed by atoms with Crippen molar-refractivity contribution in [1.82, 2.24) is 10.1 Å². The summed E-state index contributed by atoms with van der Waals surface area (Å²) >= 11 is 0. The average Bonchev–Trinajstić information content (AvgIpc) is 2.99. The van der Waals surface area contributed by atoms with Gasteiger partial charge in [0.25, 0.3) is 0 Å². The third-order valence-corrected chi connectivity index (χ3v) is 5.06. The molecule has 1 heterocycles. The Morgan fingerprint density at radius 1 is 1.00 bits per heavy atom. The molecule has 3 rings (SSSR count). The van der Waals surface area contributed by atoms with E-state index in [1.807, 2.05) is 0 Å². The minimum atomic E-state index is -0.0925. The molecule has 0 amide bonds. The molecule has 0 bridgehead atoms. The molecule has 4 nitrogen and oxygen atoms in total. The van der Waals surface area contributed by atoms with E-state index < -0.39 is 0 Å². The Balaban J connectivity index is 1.63. The van der Waals surface area contributed by atoms with Crippen LogP contribution in [-0.2, 0) is 6.42 Å². The van der Waals surface area contributed by atoms with Gasteiger partial charge in [0.2, 0.25) is 5.89 Å². The Hall–Kier alpha value is -0.900. The van der Waals surface area contributed by atoms with Crippen molar-refractivity contribution in [2.45, 2.75) is 88.5 Å². The van der Waals surface area contributed by atoms with Gasteiger partial charge in [-0.3, -0.25) is 0 Å². The summed E-state index contributed by atoms with van der Waals surface area (Å²) in [7, 11) is 0. The molecule has 0 spiro atoms. The topological polar surface area (TPSA) is 64.9 Å². The SMILES string of the molecule is NC1(Cc2nc(C3CCCCCCC3)no2)CCCC1. The smallest absolute Gasteiger partial charge is 0.228 e. The Labute approximate surface area is 121 Å². The molecule has 2 N–H and O–H groups in total. The average molecular weight is 277 g/mol. The number of nitrogens with zero attached hydrogens (tertiary/aromatic N) is 2. The molecular formula is C16H27N3O. The van der Waals surface area contributed by atoms with Crippen LogP contribution in [0.15, 0.2) is 4.52 Å². The summed E-state index contributed by atoms with van der Waals surface area (Å²) in [5.74, 6) is 2.19. The first-order valence-corrected chi connectivity index (χ1v) is 8.37. The Bertz CT molecular complexity index is 415. The number of aromatic nitrogens is 2. The van der Waals surface area contributed by atoms with E-state index in [4.69, 9.17) is 10.3 Å². The van der Waals surface area contributed by atoms with Crippen molar-refractivity contribution in [3.8, 4) is 0 Å². The van der Waals surface area contributed by atoms with Gasteiger partial charge in [0.1, 0.15) is 0 Å². The molecule has 4 heteroatoms. The predicted octanol–water partition coefficient (Wildman–Crippen LogP) is 3.71. The number of rotatable bonds is 3. The van der Waals surface area contributed by atoms with Crippen LogP contribution in [0, 0.1) is 0 Å². The molecule has 0 aromatic carbocycles. The van der Waals surface area contributed by atoms with Gasteiger partial charge in [-0.1, -0.05) is 50.1 Å². The quantitative estimate of drug-likeness (QED) is 0.914. The summed E-state index contributed by atoms with van der Waals surface area (Å²) in [6.45, 7) is 0. The van der Waals surface area contributed by atoms with Crippen LogP contribution in [0.5, 0.6) is 0 Å². The van der Waals surface area contributed by atoms with Gasteiger partial charge >= 0.3 is 0 Å². The van der Waals surface area contributed by atoms with Gasteiger partial charge in [-0.2, -0.15) is 4.98 Å². The van der Waals surface area contributed by atoms with E-state index in [1.54, 1.807) is 0 Å². The maximum atomic E-state index is 6.40. The molecule has 2 fully saturated rings. The fourth-order valence-corrected chi connectivity index (χ4v) is 3.78. The summed E-state index contributed by atoms with van der Waals surface area (Å²) in [5, 5.41) is 4.24. The molecule has 0 atom stereocenters. The van der Waals surface area contributed by atoms with Crippen molar-refractivity contribution < 1.29 is 4.52 Å². The highest BCUT2D eigenvalue weighted by Crippen LogP contribution is 2.32. The van der Waals surface area contributed by atoms with E-state index in [-0.39, 0.29) is 5.54 Å². The van der Waals surface area contributed by atoms with Gasteiger partial charge in [-0.25, -0.2) is 0 Å². The molecule has 20 heavy (non-hydrogen) atoms. The maximum Gasteiger partial charge on any atom is 0.228 e.